The Labute approximate surface area is 121 Å². The van der Waals surface area contributed by atoms with E-state index < -0.39 is 0 Å². The third-order valence-corrected chi connectivity index (χ3v) is 3.86. The molecule has 0 radical (unpaired) electrons. The molecule has 3 nitrogen and oxygen atoms in total. The Morgan fingerprint density at radius 1 is 1.37 bits per heavy atom. The van der Waals surface area contributed by atoms with Crippen molar-refractivity contribution in [3.8, 4) is 5.75 Å². The minimum atomic E-state index is -0.122. The molecule has 1 aromatic heterocycles. The monoisotopic (exact) mass is 295 g/mol. The molecule has 2 aromatic rings. The summed E-state index contributed by atoms with van der Waals surface area (Å²) in [5, 5.41) is 4.71. The highest BCUT2D eigenvalue weighted by atomic mass is 35.5. The first-order chi connectivity index (χ1) is 9.24. The lowest BCUT2D eigenvalue weighted by molar-refractivity contribution is 0.0952. The molecule has 1 N–H and O–H groups in total. The van der Waals surface area contributed by atoms with Crippen molar-refractivity contribution in [1.29, 1.82) is 0 Å². The van der Waals surface area contributed by atoms with Gasteiger partial charge in [-0.3, -0.25) is 4.79 Å². The van der Waals surface area contributed by atoms with Gasteiger partial charge in [0.15, 0.2) is 0 Å². The number of alkyl halides is 1. The number of hydrogen-bond acceptors (Lipinski definition) is 3. The standard InChI is InChI=1S/C14H14ClNO2S/c1-18-12-5-6-19-13(12)14(17)16-9-11-4-2-3-10(7-11)8-15/h2-7H,8-9H2,1H3,(H,16,17). The van der Waals surface area contributed by atoms with Crippen molar-refractivity contribution < 1.29 is 9.53 Å². The number of ether oxygens (including phenoxy) is 1. The Hall–Kier alpha value is -1.52. The molecule has 0 aliphatic rings. The van der Waals surface area contributed by atoms with Crippen LogP contribution in [0.5, 0.6) is 5.75 Å². The second kappa shape index (κ2) is 6.59. The fourth-order valence-electron chi connectivity index (χ4n) is 1.71. The number of nitrogens with one attached hydrogen (secondary N) is 1. The van der Waals surface area contributed by atoms with Gasteiger partial charge >= 0.3 is 0 Å². The molecular formula is C14H14ClNO2S. The maximum absolute atomic E-state index is 12.0. The van der Waals surface area contributed by atoms with Crippen molar-refractivity contribution in [3.63, 3.8) is 0 Å². The molecule has 2 rings (SSSR count). The Bertz CT molecular complexity index is 568. The largest absolute Gasteiger partial charge is 0.495 e. The summed E-state index contributed by atoms with van der Waals surface area (Å²) in [5.41, 5.74) is 2.07. The molecular weight excluding hydrogens is 282 g/mol. The molecule has 0 aliphatic carbocycles. The van der Waals surface area contributed by atoms with Gasteiger partial charge in [-0.15, -0.1) is 22.9 Å². The van der Waals surface area contributed by atoms with Crippen molar-refractivity contribution >= 4 is 28.8 Å². The van der Waals surface area contributed by atoms with Crippen LogP contribution in [0, 0.1) is 0 Å². The summed E-state index contributed by atoms with van der Waals surface area (Å²) in [6.07, 6.45) is 0. The van der Waals surface area contributed by atoms with Crippen molar-refractivity contribution in [1.82, 2.24) is 5.32 Å². The van der Waals surface area contributed by atoms with Crippen molar-refractivity contribution in [2.75, 3.05) is 7.11 Å². The Balaban J connectivity index is 2.00. The predicted octanol–water partition coefficient (Wildman–Crippen LogP) is 3.43. The van der Waals surface area contributed by atoms with Gasteiger partial charge in [-0.25, -0.2) is 0 Å². The maximum Gasteiger partial charge on any atom is 0.265 e. The number of rotatable bonds is 5. The van der Waals surface area contributed by atoms with E-state index >= 15 is 0 Å². The normalized spacial score (nSPS) is 10.2. The van der Waals surface area contributed by atoms with Gasteiger partial charge in [-0.2, -0.15) is 0 Å². The highest BCUT2D eigenvalue weighted by Gasteiger charge is 2.13. The van der Waals surface area contributed by atoms with Crippen molar-refractivity contribution in [2.24, 2.45) is 0 Å². The predicted molar refractivity (Wildman–Crippen MR) is 78.0 cm³/mol. The number of hydrogen-bond donors (Lipinski definition) is 1. The van der Waals surface area contributed by atoms with Crippen molar-refractivity contribution in [3.05, 3.63) is 51.7 Å². The quantitative estimate of drug-likeness (QED) is 0.858. The van der Waals surface area contributed by atoms with Gasteiger partial charge in [0.05, 0.1) is 7.11 Å². The van der Waals surface area contributed by atoms with E-state index in [9.17, 15) is 4.79 Å². The minimum Gasteiger partial charge on any atom is -0.495 e. The van der Waals surface area contributed by atoms with Crippen LogP contribution in [0.3, 0.4) is 0 Å². The topological polar surface area (TPSA) is 38.3 Å². The van der Waals surface area contributed by atoms with Crippen LogP contribution in [0.15, 0.2) is 35.7 Å². The van der Waals surface area contributed by atoms with Crippen LogP contribution >= 0.6 is 22.9 Å². The molecule has 0 bridgehead atoms. The molecule has 1 amide bonds. The van der Waals surface area contributed by atoms with Gasteiger partial charge in [0.25, 0.3) is 5.91 Å². The molecule has 0 saturated heterocycles. The number of amides is 1. The van der Waals surface area contributed by atoms with E-state index in [4.69, 9.17) is 16.3 Å². The van der Waals surface area contributed by atoms with Gasteiger partial charge in [-0.05, 0) is 22.6 Å². The van der Waals surface area contributed by atoms with E-state index in [2.05, 4.69) is 5.32 Å². The molecule has 5 heteroatoms. The van der Waals surface area contributed by atoms with Crippen molar-refractivity contribution in [2.45, 2.75) is 12.4 Å². The zero-order valence-corrected chi connectivity index (χ0v) is 12.1. The summed E-state index contributed by atoms with van der Waals surface area (Å²) < 4.78 is 5.13. The minimum absolute atomic E-state index is 0.122. The summed E-state index contributed by atoms with van der Waals surface area (Å²) in [5.74, 6) is 0.959. The molecule has 19 heavy (non-hydrogen) atoms. The molecule has 1 heterocycles. The first-order valence-corrected chi connectivity index (χ1v) is 7.19. The number of methoxy groups -OCH3 is 1. The lowest BCUT2D eigenvalue weighted by Crippen LogP contribution is -2.22. The number of carbonyl (C=O) groups excluding carboxylic acids is 1. The zero-order valence-electron chi connectivity index (χ0n) is 10.5. The lowest BCUT2D eigenvalue weighted by atomic mass is 10.1. The van der Waals surface area contributed by atoms with Crippen LogP contribution in [0.1, 0.15) is 20.8 Å². The summed E-state index contributed by atoms with van der Waals surface area (Å²) in [6.45, 7) is 0.477. The molecule has 0 fully saturated rings. The van der Waals surface area contributed by atoms with E-state index in [0.29, 0.717) is 23.1 Å². The second-order valence-electron chi connectivity index (χ2n) is 3.95. The lowest BCUT2D eigenvalue weighted by Gasteiger charge is -2.06. The van der Waals surface area contributed by atoms with Crippen LogP contribution in [0.25, 0.3) is 0 Å². The second-order valence-corrected chi connectivity index (χ2v) is 5.14. The Kier molecular flexibility index (Phi) is 4.82. The van der Waals surface area contributed by atoms with Crippen LogP contribution in [-0.4, -0.2) is 13.0 Å². The van der Waals surface area contributed by atoms with Crippen LogP contribution in [0.4, 0.5) is 0 Å². The van der Waals surface area contributed by atoms with Crippen LogP contribution in [0.2, 0.25) is 0 Å². The van der Waals surface area contributed by atoms with Gasteiger partial charge in [0.1, 0.15) is 10.6 Å². The van der Waals surface area contributed by atoms with Gasteiger partial charge in [0, 0.05) is 12.4 Å². The Morgan fingerprint density at radius 2 is 2.16 bits per heavy atom. The zero-order chi connectivity index (χ0) is 13.7. The van der Waals surface area contributed by atoms with Crippen LogP contribution in [-0.2, 0) is 12.4 Å². The smallest absolute Gasteiger partial charge is 0.265 e. The highest BCUT2D eigenvalue weighted by molar-refractivity contribution is 7.12. The summed E-state index contributed by atoms with van der Waals surface area (Å²) in [4.78, 5) is 12.6. The fourth-order valence-corrected chi connectivity index (χ4v) is 2.65. The number of benzene rings is 1. The first kappa shape index (κ1) is 13.9. The molecule has 1 aromatic carbocycles. The van der Waals surface area contributed by atoms with E-state index in [1.807, 2.05) is 29.6 Å². The molecule has 0 unspecified atom stereocenters. The van der Waals surface area contributed by atoms with E-state index in [0.717, 1.165) is 11.1 Å². The fraction of sp³-hybridized carbons (Fsp3) is 0.214. The summed E-state index contributed by atoms with van der Waals surface area (Å²) in [7, 11) is 1.56. The van der Waals surface area contributed by atoms with E-state index in [-0.39, 0.29) is 5.91 Å². The third kappa shape index (κ3) is 3.49. The number of halogens is 1. The molecule has 0 saturated carbocycles. The SMILES string of the molecule is COc1ccsc1C(=O)NCc1cccc(CCl)c1. The average molecular weight is 296 g/mol. The van der Waals surface area contributed by atoms with E-state index in [1.165, 1.54) is 11.3 Å². The highest BCUT2D eigenvalue weighted by Crippen LogP contribution is 2.24. The van der Waals surface area contributed by atoms with Gasteiger partial charge < -0.3 is 10.1 Å². The number of carbonyl (C=O) groups is 1. The molecule has 100 valence electrons. The summed E-state index contributed by atoms with van der Waals surface area (Å²) in [6, 6.07) is 9.63. The first-order valence-electron chi connectivity index (χ1n) is 5.78. The van der Waals surface area contributed by atoms with Crippen LogP contribution < -0.4 is 10.1 Å². The van der Waals surface area contributed by atoms with Gasteiger partial charge in [0.2, 0.25) is 0 Å². The maximum atomic E-state index is 12.0. The average Bonchev–Trinajstić information content (AvgIpc) is 2.93. The molecule has 0 atom stereocenters. The molecule has 0 spiro atoms. The van der Waals surface area contributed by atoms with E-state index in [1.54, 1.807) is 13.2 Å². The summed E-state index contributed by atoms with van der Waals surface area (Å²) >= 11 is 7.15. The van der Waals surface area contributed by atoms with Gasteiger partial charge in [-0.1, -0.05) is 24.3 Å². The number of thiophene rings is 1. The third-order valence-electron chi connectivity index (χ3n) is 2.65. The molecule has 0 aliphatic heterocycles. The Morgan fingerprint density at radius 3 is 2.89 bits per heavy atom.